The molecule has 0 aromatic carbocycles. The van der Waals surface area contributed by atoms with E-state index in [9.17, 15) is 4.39 Å². The van der Waals surface area contributed by atoms with E-state index in [1.165, 1.54) is 6.92 Å². The van der Waals surface area contributed by atoms with Crippen molar-refractivity contribution >= 4 is 0 Å². The predicted octanol–water partition coefficient (Wildman–Crippen LogP) is -0.334. The van der Waals surface area contributed by atoms with E-state index in [1.54, 1.807) is 0 Å². The van der Waals surface area contributed by atoms with Crippen molar-refractivity contribution in [3.63, 3.8) is 0 Å². The second-order valence-corrected chi connectivity index (χ2v) is 1.78. The van der Waals surface area contributed by atoms with E-state index in [0.29, 0.717) is 0 Å². The average molecular weight is 107 g/mol. The highest BCUT2D eigenvalue weighted by Gasteiger charge is 2.17. The Morgan fingerprint density at radius 1 is 1.86 bits per heavy atom. The molecule has 0 spiro atoms. The van der Waals surface area contributed by atoms with Crippen molar-refractivity contribution in [2.24, 2.45) is 5.73 Å². The van der Waals surface area contributed by atoms with Crippen LogP contribution in [0.1, 0.15) is 6.92 Å². The maximum Gasteiger partial charge on any atom is 0.143 e. The molecule has 0 radical (unpaired) electrons. The fraction of sp³-hybridized carbons (Fsp3) is 1.00. The van der Waals surface area contributed by atoms with Gasteiger partial charge in [-0.15, -0.1) is 0 Å². The van der Waals surface area contributed by atoms with E-state index in [2.05, 4.69) is 0 Å². The number of aliphatic hydroxyl groups excluding tert-OH is 1. The van der Waals surface area contributed by atoms with Crippen LogP contribution in [0, 0.1) is 0 Å². The lowest BCUT2D eigenvalue weighted by molar-refractivity contribution is 0.0959. The van der Waals surface area contributed by atoms with Crippen LogP contribution < -0.4 is 5.73 Å². The molecule has 0 aliphatic carbocycles. The molecule has 0 aliphatic rings. The van der Waals surface area contributed by atoms with Gasteiger partial charge in [-0.3, -0.25) is 0 Å². The molecule has 0 aliphatic heterocycles. The Hall–Kier alpha value is -0.150. The molecule has 0 aromatic rings. The third kappa shape index (κ3) is 2.53. The standard InChI is InChI=1S/C4H10FNO/c1-4(5,2-6)3-7/h7H,2-3,6H2,1H3. The van der Waals surface area contributed by atoms with E-state index in [0.717, 1.165) is 0 Å². The summed E-state index contributed by atoms with van der Waals surface area (Å²) in [4.78, 5) is 0. The van der Waals surface area contributed by atoms with Crippen LogP contribution in [0.3, 0.4) is 0 Å². The Labute approximate surface area is 42.1 Å². The van der Waals surface area contributed by atoms with Gasteiger partial charge >= 0.3 is 0 Å². The zero-order valence-corrected chi connectivity index (χ0v) is 4.32. The predicted molar refractivity (Wildman–Crippen MR) is 25.7 cm³/mol. The highest BCUT2D eigenvalue weighted by Crippen LogP contribution is 2.03. The summed E-state index contributed by atoms with van der Waals surface area (Å²) in [7, 11) is 0. The molecule has 3 N–H and O–H groups in total. The Kier molecular flexibility index (Phi) is 2.19. The molecule has 0 heterocycles. The summed E-state index contributed by atoms with van der Waals surface area (Å²) < 4.78 is 12.2. The van der Waals surface area contributed by atoms with Gasteiger partial charge in [0, 0.05) is 6.54 Å². The van der Waals surface area contributed by atoms with Gasteiger partial charge in [0.1, 0.15) is 5.67 Å². The van der Waals surface area contributed by atoms with Crippen molar-refractivity contribution in [1.82, 2.24) is 0 Å². The van der Waals surface area contributed by atoms with Crippen molar-refractivity contribution in [3.05, 3.63) is 0 Å². The lowest BCUT2D eigenvalue weighted by Crippen LogP contribution is -2.32. The summed E-state index contributed by atoms with van der Waals surface area (Å²) in [6, 6.07) is 0. The molecule has 0 aromatic heterocycles. The summed E-state index contributed by atoms with van der Waals surface area (Å²) in [5.74, 6) is 0. The first-order valence-electron chi connectivity index (χ1n) is 2.12. The molecule has 0 fully saturated rings. The number of alkyl halides is 1. The Bertz CT molecular complexity index is 49.7. The second-order valence-electron chi connectivity index (χ2n) is 1.78. The Morgan fingerprint density at radius 2 is 2.29 bits per heavy atom. The van der Waals surface area contributed by atoms with Gasteiger partial charge in [-0.1, -0.05) is 0 Å². The minimum absolute atomic E-state index is 0.122. The highest BCUT2D eigenvalue weighted by molar-refractivity contribution is 4.71. The maximum absolute atomic E-state index is 12.2. The topological polar surface area (TPSA) is 46.2 Å². The molecule has 7 heavy (non-hydrogen) atoms. The molecule has 3 heteroatoms. The van der Waals surface area contributed by atoms with E-state index < -0.39 is 12.3 Å². The van der Waals surface area contributed by atoms with Gasteiger partial charge in [-0.2, -0.15) is 0 Å². The van der Waals surface area contributed by atoms with Crippen molar-refractivity contribution in [2.45, 2.75) is 12.6 Å². The third-order valence-corrected chi connectivity index (χ3v) is 0.755. The summed E-state index contributed by atoms with van der Waals surface area (Å²) in [6.45, 7) is 0.639. The molecule has 0 saturated heterocycles. The minimum Gasteiger partial charge on any atom is -0.393 e. The van der Waals surface area contributed by atoms with Crippen LogP contribution in [0.25, 0.3) is 0 Å². The molecule has 1 unspecified atom stereocenters. The normalized spacial score (nSPS) is 18.9. The van der Waals surface area contributed by atoms with Crippen LogP contribution in [0.2, 0.25) is 0 Å². The fourth-order valence-corrected chi connectivity index (χ4v) is 0.0645. The molecule has 2 nitrogen and oxygen atoms in total. The number of hydrogen-bond donors (Lipinski definition) is 2. The van der Waals surface area contributed by atoms with Crippen LogP contribution in [0.15, 0.2) is 0 Å². The molecule has 0 bridgehead atoms. The van der Waals surface area contributed by atoms with Crippen molar-refractivity contribution in [3.8, 4) is 0 Å². The number of hydrogen-bond acceptors (Lipinski definition) is 2. The monoisotopic (exact) mass is 107 g/mol. The molecular formula is C4H10FNO. The van der Waals surface area contributed by atoms with Crippen LogP contribution >= 0.6 is 0 Å². The largest absolute Gasteiger partial charge is 0.393 e. The van der Waals surface area contributed by atoms with Gasteiger partial charge in [0.05, 0.1) is 6.61 Å². The average Bonchev–Trinajstić information content (AvgIpc) is 1.68. The summed E-state index contributed by atoms with van der Waals surface area (Å²) in [5, 5.41) is 8.14. The second kappa shape index (κ2) is 2.23. The number of aliphatic hydroxyl groups is 1. The van der Waals surface area contributed by atoms with E-state index in [-0.39, 0.29) is 6.54 Å². The van der Waals surface area contributed by atoms with E-state index in [4.69, 9.17) is 10.8 Å². The Morgan fingerprint density at radius 3 is 2.29 bits per heavy atom. The van der Waals surface area contributed by atoms with Crippen LogP contribution in [0.5, 0.6) is 0 Å². The first kappa shape index (κ1) is 6.85. The quantitative estimate of drug-likeness (QED) is 0.507. The van der Waals surface area contributed by atoms with Crippen molar-refractivity contribution in [2.75, 3.05) is 13.2 Å². The molecule has 0 rings (SSSR count). The number of nitrogens with two attached hydrogens (primary N) is 1. The number of halogens is 1. The zero-order chi connectivity index (χ0) is 5.91. The fourth-order valence-electron chi connectivity index (χ4n) is 0.0645. The van der Waals surface area contributed by atoms with E-state index in [1.807, 2.05) is 0 Å². The van der Waals surface area contributed by atoms with Gasteiger partial charge in [0.2, 0.25) is 0 Å². The molecule has 0 saturated carbocycles. The van der Waals surface area contributed by atoms with Gasteiger partial charge in [-0.25, -0.2) is 4.39 Å². The first-order valence-corrected chi connectivity index (χ1v) is 2.12. The molecule has 1 atom stereocenters. The minimum atomic E-state index is -1.58. The number of rotatable bonds is 2. The van der Waals surface area contributed by atoms with Crippen molar-refractivity contribution < 1.29 is 9.50 Å². The van der Waals surface area contributed by atoms with E-state index >= 15 is 0 Å². The summed E-state index contributed by atoms with van der Waals surface area (Å²) in [5.41, 5.74) is 3.30. The SMILES string of the molecule is CC(F)(CN)CO. The van der Waals surface area contributed by atoms with Crippen molar-refractivity contribution in [1.29, 1.82) is 0 Å². The summed E-state index contributed by atoms with van der Waals surface area (Å²) >= 11 is 0. The van der Waals surface area contributed by atoms with Gasteiger partial charge in [-0.05, 0) is 6.92 Å². The summed E-state index contributed by atoms with van der Waals surface area (Å²) in [6.07, 6.45) is 0. The van der Waals surface area contributed by atoms with Crippen LogP contribution in [0.4, 0.5) is 4.39 Å². The highest BCUT2D eigenvalue weighted by atomic mass is 19.1. The van der Waals surface area contributed by atoms with Crippen LogP contribution in [-0.4, -0.2) is 23.9 Å². The molecule has 0 amide bonds. The Balaban J connectivity index is 3.36. The third-order valence-electron chi connectivity index (χ3n) is 0.755. The lowest BCUT2D eigenvalue weighted by Gasteiger charge is -2.12. The maximum atomic E-state index is 12.2. The zero-order valence-electron chi connectivity index (χ0n) is 4.32. The van der Waals surface area contributed by atoms with Gasteiger partial charge in [0.25, 0.3) is 0 Å². The molecule has 44 valence electrons. The lowest BCUT2D eigenvalue weighted by atomic mass is 10.1. The smallest absolute Gasteiger partial charge is 0.143 e. The van der Waals surface area contributed by atoms with Crippen LogP contribution in [-0.2, 0) is 0 Å². The van der Waals surface area contributed by atoms with Gasteiger partial charge < -0.3 is 10.8 Å². The van der Waals surface area contributed by atoms with Gasteiger partial charge in [0.15, 0.2) is 0 Å². The first-order chi connectivity index (χ1) is 3.12. The molecular weight excluding hydrogens is 97.0 g/mol.